The van der Waals surface area contributed by atoms with Crippen LogP contribution in [0.4, 0.5) is 5.69 Å². The topological polar surface area (TPSA) is 67.9 Å². The summed E-state index contributed by atoms with van der Waals surface area (Å²) >= 11 is 6.04. The van der Waals surface area contributed by atoms with Crippen LogP contribution < -0.4 is 19.7 Å². The molecule has 7 heteroatoms. The van der Waals surface area contributed by atoms with Crippen LogP contribution in [0.2, 0.25) is 5.02 Å². The van der Waals surface area contributed by atoms with E-state index in [1.807, 2.05) is 0 Å². The van der Waals surface area contributed by atoms with E-state index in [0.29, 0.717) is 27.8 Å². The molecule has 0 spiro atoms. The smallest absolute Gasteiger partial charge is 0.255 e. The predicted octanol–water partition coefficient (Wildman–Crippen LogP) is 3.14. The number of halogens is 1. The van der Waals surface area contributed by atoms with Crippen molar-refractivity contribution < 1.29 is 19.1 Å². The highest BCUT2D eigenvalue weighted by Crippen LogP contribution is 2.31. The van der Waals surface area contributed by atoms with Gasteiger partial charge in [-0.1, -0.05) is 23.7 Å². The van der Waals surface area contributed by atoms with Crippen molar-refractivity contribution in [3.8, 4) is 11.5 Å². The van der Waals surface area contributed by atoms with Gasteiger partial charge >= 0.3 is 0 Å². The Morgan fingerprint density at radius 3 is 2.42 bits per heavy atom. The van der Waals surface area contributed by atoms with Gasteiger partial charge in [-0.3, -0.25) is 9.59 Å². The number of benzene rings is 2. The zero-order valence-electron chi connectivity index (χ0n) is 14.9. The number of ether oxygens (including phenoxy) is 2. The summed E-state index contributed by atoms with van der Waals surface area (Å²) in [4.78, 5) is 25.9. The fraction of sp³-hybridized carbons (Fsp3) is 0.263. The fourth-order valence-corrected chi connectivity index (χ4v) is 2.70. The zero-order valence-corrected chi connectivity index (χ0v) is 15.7. The van der Waals surface area contributed by atoms with Gasteiger partial charge in [-0.25, -0.2) is 0 Å². The molecule has 0 aliphatic carbocycles. The first kappa shape index (κ1) is 19.6. The molecule has 138 valence electrons. The number of carbonyl (C=O) groups excluding carboxylic acids is 2. The Morgan fingerprint density at radius 2 is 1.77 bits per heavy atom. The maximum Gasteiger partial charge on any atom is 0.255 e. The second kappa shape index (κ2) is 9.10. The standard InChI is InChI=1S/C19H21ClN2O4/c1-13(23)22(16-12-14(20)8-9-18(16)26-3)11-10-21-19(24)15-6-4-5-7-17(15)25-2/h4-9,12H,10-11H2,1-3H3,(H,21,24). The van der Waals surface area contributed by atoms with Crippen molar-refractivity contribution in [2.24, 2.45) is 0 Å². The number of amides is 2. The summed E-state index contributed by atoms with van der Waals surface area (Å²) in [6, 6.07) is 12.0. The number of hydrogen-bond acceptors (Lipinski definition) is 4. The van der Waals surface area contributed by atoms with Crippen molar-refractivity contribution in [1.29, 1.82) is 0 Å². The Hall–Kier alpha value is -2.73. The number of para-hydroxylation sites is 1. The highest BCUT2D eigenvalue weighted by Gasteiger charge is 2.18. The predicted molar refractivity (Wildman–Crippen MR) is 101 cm³/mol. The average Bonchev–Trinajstić information content (AvgIpc) is 2.64. The van der Waals surface area contributed by atoms with Gasteiger partial charge in [0.25, 0.3) is 5.91 Å². The van der Waals surface area contributed by atoms with Crippen molar-refractivity contribution in [3.05, 3.63) is 53.1 Å². The van der Waals surface area contributed by atoms with E-state index in [9.17, 15) is 9.59 Å². The highest BCUT2D eigenvalue weighted by molar-refractivity contribution is 6.31. The van der Waals surface area contributed by atoms with Crippen molar-refractivity contribution in [2.75, 3.05) is 32.2 Å². The molecule has 0 bridgehead atoms. The fourth-order valence-electron chi connectivity index (χ4n) is 2.53. The summed E-state index contributed by atoms with van der Waals surface area (Å²) in [6.45, 7) is 1.97. The van der Waals surface area contributed by atoms with E-state index in [4.69, 9.17) is 21.1 Å². The second-order valence-electron chi connectivity index (χ2n) is 5.44. The lowest BCUT2D eigenvalue weighted by molar-refractivity contribution is -0.116. The molecular weight excluding hydrogens is 356 g/mol. The number of carbonyl (C=O) groups is 2. The van der Waals surface area contributed by atoms with Crippen LogP contribution in [0.15, 0.2) is 42.5 Å². The first-order chi connectivity index (χ1) is 12.5. The summed E-state index contributed by atoms with van der Waals surface area (Å²) in [6.07, 6.45) is 0. The monoisotopic (exact) mass is 376 g/mol. The molecule has 0 saturated heterocycles. The zero-order chi connectivity index (χ0) is 19.1. The molecule has 0 aromatic heterocycles. The highest BCUT2D eigenvalue weighted by atomic mass is 35.5. The molecule has 0 fully saturated rings. The number of nitrogens with zero attached hydrogens (tertiary/aromatic N) is 1. The number of hydrogen-bond donors (Lipinski definition) is 1. The molecule has 1 N–H and O–H groups in total. The van der Waals surface area contributed by atoms with Crippen LogP contribution >= 0.6 is 11.6 Å². The minimum atomic E-state index is -0.274. The quantitative estimate of drug-likeness (QED) is 0.806. The SMILES string of the molecule is COc1ccccc1C(=O)NCCN(C(C)=O)c1cc(Cl)ccc1OC. The molecule has 0 aliphatic heterocycles. The molecule has 0 radical (unpaired) electrons. The van der Waals surface area contributed by atoms with Crippen LogP contribution in [-0.2, 0) is 4.79 Å². The van der Waals surface area contributed by atoms with E-state index >= 15 is 0 Å². The van der Waals surface area contributed by atoms with E-state index in [1.165, 1.54) is 26.0 Å². The maximum atomic E-state index is 12.3. The summed E-state index contributed by atoms with van der Waals surface area (Å²) in [7, 11) is 3.03. The minimum Gasteiger partial charge on any atom is -0.496 e. The molecule has 2 amide bonds. The molecule has 0 atom stereocenters. The largest absolute Gasteiger partial charge is 0.496 e. The number of anilines is 1. The molecule has 0 aliphatic rings. The third-order valence-corrected chi connectivity index (χ3v) is 4.02. The van der Waals surface area contributed by atoms with Crippen molar-refractivity contribution in [2.45, 2.75) is 6.92 Å². The molecule has 0 unspecified atom stereocenters. The second-order valence-corrected chi connectivity index (χ2v) is 5.88. The van der Waals surface area contributed by atoms with E-state index in [2.05, 4.69) is 5.32 Å². The number of methoxy groups -OCH3 is 2. The van der Waals surface area contributed by atoms with Crippen molar-refractivity contribution >= 4 is 29.1 Å². The van der Waals surface area contributed by atoms with Crippen LogP contribution in [0.25, 0.3) is 0 Å². The lowest BCUT2D eigenvalue weighted by Crippen LogP contribution is -2.37. The molecule has 2 rings (SSSR count). The van der Waals surface area contributed by atoms with Crippen LogP contribution in [0.1, 0.15) is 17.3 Å². The molecular formula is C19H21ClN2O4. The van der Waals surface area contributed by atoms with Crippen LogP contribution in [0.3, 0.4) is 0 Å². The first-order valence-electron chi connectivity index (χ1n) is 8.00. The molecule has 2 aromatic rings. The van der Waals surface area contributed by atoms with Gasteiger partial charge < -0.3 is 19.7 Å². The third-order valence-electron chi connectivity index (χ3n) is 3.78. The number of nitrogens with one attached hydrogen (secondary N) is 1. The van der Waals surface area contributed by atoms with Gasteiger partial charge in [0.1, 0.15) is 11.5 Å². The Bertz CT molecular complexity index is 795. The van der Waals surface area contributed by atoms with Gasteiger partial charge in [0.2, 0.25) is 5.91 Å². The van der Waals surface area contributed by atoms with Gasteiger partial charge in [0, 0.05) is 25.0 Å². The van der Waals surface area contributed by atoms with E-state index < -0.39 is 0 Å². The lowest BCUT2D eigenvalue weighted by Gasteiger charge is -2.23. The summed E-state index contributed by atoms with van der Waals surface area (Å²) < 4.78 is 10.5. The molecule has 26 heavy (non-hydrogen) atoms. The van der Waals surface area contributed by atoms with Gasteiger partial charge in [0.15, 0.2) is 0 Å². The van der Waals surface area contributed by atoms with Gasteiger partial charge in [0.05, 0.1) is 25.5 Å². The average molecular weight is 377 g/mol. The summed E-state index contributed by atoms with van der Waals surface area (Å²) in [5.74, 6) is 0.562. The lowest BCUT2D eigenvalue weighted by atomic mass is 10.2. The normalized spacial score (nSPS) is 10.2. The minimum absolute atomic E-state index is 0.183. The molecule has 0 heterocycles. The van der Waals surface area contributed by atoms with E-state index in [1.54, 1.807) is 42.5 Å². The Balaban J connectivity index is 2.09. The maximum absolute atomic E-state index is 12.3. The van der Waals surface area contributed by atoms with E-state index in [0.717, 1.165) is 0 Å². The Kier molecular flexibility index (Phi) is 6.86. The van der Waals surface area contributed by atoms with Crippen molar-refractivity contribution in [3.63, 3.8) is 0 Å². The van der Waals surface area contributed by atoms with Gasteiger partial charge in [-0.05, 0) is 30.3 Å². The third kappa shape index (κ3) is 4.67. The molecule has 6 nitrogen and oxygen atoms in total. The van der Waals surface area contributed by atoms with Gasteiger partial charge in [-0.15, -0.1) is 0 Å². The molecule has 2 aromatic carbocycles. The Morgan fingerprint density at radius 1 is 1.08 bits per heavy atom. The van der Waals surface area contributed by atoms with Crippen LogP contribution in [-0.4, -0.2) is 39.1 Å². The van der Waals surface area contributed by atoms with Gasteiger partial charge in [-0.2, -0.15) is 0 Å². The first-order valence-corrected chi connectivity index (χ1v) is 8.38. The van der Waals surface area contributed by atoms with Crippen LogP contribution in [0, 0.1) is 0 Å². The molecule has 0 saturated carbocycles. The number of rotatable bonds is 7. The Labute approximate surface area is 157 Å². The summed E-state index contributed by atoms with van der Waals surface area (Å²) in [5.41, 5.74) is 0.990. The van der Waals surface area contributed by atoms with Crippen LogP contribution in [0.5, 0.6) is 11.5 Å². The van der Waals surface area contributed by atoms with E-state index in [-0.39, 0.29) is 24.9 Å². The van der Waals surface area contributed by atoms with Crippen molar-refractivity contribution in [1.82, 2.24) is 5.32 Å². The summed E-state index contributed by atoms with van der Waals surface area (Å²) in [5, 5.41) is 3.29.